The molecule has 4 aromatic carbocycles. The van der Waals surface area contributed by atoms with Gasteiger partial charge in [-0.05, 0) is 58.7 Å². The number of hydrogen-bond acceptors (Lipinski definition) is 10. The Morgan fingerprint density at radius 2 is 1.79 bits per heavy atom. The van der Waals surface area contributed by atoms with E-state index in [2.05, 4.69) is 41.4 Å². The normalized spacial score (nSPS) is 17.0. The van der Waals surface area contributed by atoms with E-state index in [0.29, 0.717) is 58.3 Å². The number of carbonyl (C=O) groups excluding carboxylic acids is 2. The van der Waals surface area contributed by atoms with E-state index in [1.807, 2.05) is 36.4 Å². The zero-order valence-electron chi connectivity index (χ0n) is 25.5. The molecule has 1 aromatic heterocycles. The third-order valence-corrected chi connectivity index (χ3v) is 10.1. The van der Waals surface area contributed by atoms with Crippen LogP contribution in [0.3, 0.4) is 0 Å². The Morgan fingerprint density at radius 3 is 2.66 bits per heavy atom. The molecule has 7 rings (SSSR count). The molecular formula is C36H31N3O6S2. The molecule has 238 valence electrons. The minimum Gasteiger partial charge on any atom is -0.507 e. The smallest absolute Gasteiger partial charge is 0.301 e. The van der Waals surface area contributed by atoms with Crippen molar-refractivity contribution in [2.24, 2.45) is 0 Å². The molecule has 3 heterocycles. The second-order valence-corrected chi connectivity index (χ2v) is 13.3. The number of fused-ring (bicyclic) bond motifs is 2. The number of ketones is 1. The topological polar surface area (TPSA) is 111 Å². The first-order chi connectivity index (χ1) is 23.0. The number of nitrogens with zero attached hydrogens (tertiary/aromatic N) is 3. The minimum atomic E-state index is -0.971. The molecule has 1 atom stereocenters. The average Bonchev–Trinajstić information content (AvgIpc) is 3.68. The van der Waals surface area contributed by atoms with Crippen LogP contribution in [0.2, 0.25) is 0 Å². The van der Waals surface area contributed by atoms with E-state index in [1.165, 1.54) is 28.0 Å². The van der Waals surface area contributed by atoms with Gasteiger partial charge in [-0.25, -0.2) is 0 Å². The number of hydrogen-bond donors (Lipinski definition) is 1. The highest BCUT2D eigenvalue weighted by molar-refractivity contribution is 8.00. The van der Waals surface area contributed by atoms with Crippen LogP contribution in [-0.2, 0) is 15.3 Å². The van der Waals surface area contributed by atoms with Gasteiger partial charge < -0.3 is 19.3 Å². The van der Waals surface area contributed by atoms with Crippen molar-refractivity contribution < 1.29 is 28.9 Å². The summed E-state index contributed by atoms with van der Waals surface area (Å²) in [5, 5.41) is 23.0. The molecule has 0 spiro atoms. The summed E-state index contributed by atoms with van der Waals surface area (Å²) in [4.78, 5) is 28.9. The van der Waals surface area contributed by atoms with Crippen molar-refractivity contribution in [3.05, 3.63) is 107 Å². The molecule has 1 N–H and O–H groups in total. The number of aliphatic hydroxyl groups is 1. The highest BCUT2D eigenvalue weighted by Crippen LogP contribution is 2.45. The van der Waals surface area contributed by atoms with Gasteiger partial charge in [0.25, 0.3) is 5.78 Å². The zero-order chi connectivity index (χ0) is 32.3. The van der Waals surface area contributed by atoms with E-state index in [1.54, 1.807) is 24.3 Å². The number of carbonyl (C=O) groups is 2. The molecule has 1 saturated heterocycles. The van der Waals surface area contributed by atoms with E-state index >= 15 is 0 Å². The molecule has 11 heteroatoms. The Kier molecular flexibility index (Phi) is 8.82. The maximum atomic E-state index is 13.8. The molecule has 9 nitrogen and oxygen atoms in total. The third-order valence-electron chi connectivity index (χ3n) is 8.03. The molecule has 0 bridgehead atoms. The van der Waals surface area contributed by atoms with Gasteiger partial charge in [-0.15, -0.1) is 10.2 Å². The Hall–Kier alpha value is -4.87. The Morgan fingerprint density at radius 1 is 0.979 bits per heavy atom. The minimum absolute atomic E-state index is 0.0578. The molecule has 2 aliphatic rings. The van der Waals surface area contributed by atoms with Crippen LogP contribution in [0, 0.1) is 0 Å². The highest BCUT2D eigenvalue weighted by Gasteiger charge is 2.48. The summed E-state index contributed by atoms with van der Waals surface area (Å²) in [5.41, 5.74) is 2.02. The van der Waals surface area contributed by atoms with Crippen LogP contribution >= 0.6 is 23.1 Å². The monoisotopic (exact) mass is 665 g/mol. The Balaban J connectivity index is 1.25. The molecule has 47 heavy (non-hydrogen) atoms. The molecule has 0 radical (unpaired) electrons. The summed E-state index contributed by atoms with van der Waals surface area (Å²) in [6.45, 7) is 3.40. The van der Waals surface area contributed by atoms with Crippen LogP contribution in [0.4, 0.5) is 5.13 Å². The fraction of sp³-hybridized carbons (Fsp3) is 0.222. The second kappa shape index (κ2) is 13.5. The Bertz CT molecular complexity index is 2000. The zero-order valence-corrected chi connectivity index (χ0v) is 27.2. The van der Waals surface area contributed by atoms with E-state index < -0.39 is 17.7 Å². The lowest BCUT2D eigenvalue weighted by atomic mass is 9.95. The van der Waals surface area contributed by atoms with E-state index in [4.69, 9.17) is 14.2 Å². The Labute approximate surface area is 279 Å². The molecule has 1 fully saturated rings. The van der Waals surface area contributed by atoms with Gasteiger partial charge in [0.2, 0.25) is 5.13 Å². The van der Waals surface area contributed by atoms with Gasteiger partial charge in [0.1, 0.15) is 24.7 Å². The molecule has 0 saturated carbocycles. The number of anilines is 1. The number of aliphatic hydroxyl groups excluding tert-OH is 1. The lowest BCUT2D eigenvalue weighted by Gasteiger charge is -2.23. The molecule has 1 unspecified atom stereocenters. The summed E-state index contributed by atoms with van der Waals surface area (Å²) in [7, 11) is 0. The molecule has 0 aliphatic carbocycles. The summed E-state index contributed by atoms with van der Waals surface area (Å²) >= 11 is 2.74. The van der Waals surface area contributed by atoms with Crippen molar-refractivity contribution in [1.29, 1.82) is 0 Å². The van der Waals surface area contributed by atoms with E-state index in [0.717, 1.165) is 29.2 Å². The number of Topliss-reactive ketones (excluding diaryl/α,β-unsaturated/α-hetero) is 1. The number of amides is 1. The van der Waals surface area contributed by atoms with Crippen molar-refractivity contribution >= 4 is 56.5 Å². The largest absolute Gasteiger partial charge is 0.507 e. The number of thioether (sulfide) groups is 1. The number of rotatable bonds is 10. The first-order valence-corrected chi connectivity index (χ1v) is 17.2. The van der Waals surface area contributed by atoms with Crippen molar-refractivity contribution in [2.45, 2.75) is 35.9 Å². The summed E-state index contributed by atoms with van der Waals surface area (Å²) in [6.07, 6.45) is 1.87. The lowest BCUT2D eigenvalue weighted by Crippen LogP contribution is -2.29. The number of benzene rings is 4. The van der Waals surface area contributed by atoms with Gasteiger partial charge >= 0.3 is 5.91 Å². The fourth-order valence-corrected chi connectivity index (χ4v) is 7.59. The fourth-order valence-electron chi connectivity index (χ4n) is 5.72. The second-order valence-electron chi connectivity index (χ2n) is 11.1. The molecule has 2 aliphatic heterocycles. The third kappa shape index (κ3) is 6.16. The number of unbranched alkanes of at least 4 members (excludes halogenated alkanes) is 1. The van der Waals surface area contributed by atoms with Crippen molar-refractivity contribution in [3.8, 4) is 17.2 Å². The van der Waals surface area contributed by atoms with E-state index in [9.17, 15) is 14.7 Å². The molecule has 1 amide bonds. The quantitative estimate of drug-likeness (QED) is 0.0403. The number of aromatic nitrogens is 2. The van der Waals surface area contributed by atoms with Gasteiger partial charge in [-0.1, -0.05) is 91.0 Å². The van der Waals surface area contributed by atoms with Crippen molar-refractivity contribution in [3.63, 3.8) is 0 Å². The van der Waals surface area contributed by atoms with Crippen LogP contribution in [0.15, 0.2) is 94.8 Å². The summed E-state index contributed by atoms with van der Waals surface area (Å²) < 4.78 is 18.0. The van der Waals surface area contributed by atoms with Gasteiger partial charge in [-0.3, -0.25) is 14.5 Å². The van der Waals surface area contributed by atoms with E-state index in [-0.39, 0.29) is 16.5 Å². The van der Waals surface area contributed by atoms with Crippen LogP contribution < -0.4 is 19.1 Å². The standard InChI is InChI=1S/C36H31N3O6S2/c1-2-3-16-43-26-12-7-10-23(19-26)31-30(32(40)24-14-15-28-29(20-24)45-18-17-44-28)33(41)34(42)39(31)35-37-38-36(47-35)46-21-25-11-6-9-22-8-4-5-13-27(22)25/h4-15,19-20,31,40H,2-3,16-18,21H2,1H3/b32-30-. The summed E-state index contributed by atoms with van der Waals surface area (Å²) in [5.74, 6) is 0.315. The first kappa shape index (κ1) is 30.8. The van der Waals surface area contributed by atoms with Crippen LogP contribution in [-0.4, -0.2) is 46.8 Å². The van der Waals surface area contributed by atoms with Crippen molar-refractivity contribution in [1.82, 2.24) is 10.2 Å². The van der Waals surface area contributed by atoms with Crippen LogP contribution in [0.25, 0.3) is 16.5 Å². The average molecular weight is 666 g/mol. The van der Waals surface area contributed by atoms with Gasteiger partial charge in [0, 0.05) is 11.3 Å². The SMILES string of the molecule is CCCCOc1cccc(C2/C(=C(/O)c3ccc4c(c3)OCCO4)C(=O)C(=O)N2c2nnc(SCc3cccc4ccccc34)s2)c1. The lowest BCUT2D eigenvalue weighted by molar-refractivity contribution is -0.132. The van der Waals surface area contributed by atoms with Crippen LogP contribution in [0.5, 0.6) is 17.2 Å². The molecule has 5 aromatic rings. The highest BCUT2D eigenvalue weighted by atomic mass is 32.2. The maximum absolute atomic E-state index is 13.8. The predicted octanol–water partition coefficient (Wildman–Crippen LogP) is 7.56. The van der Waals surface area contributed by atoms with Gasteiger partial charge in [-0.2, -0.15) is 0 Å². The van der Waals surface area contributed by atoms with Gasteiger partial charge in [0.15, 0.2) is 15.8 Å². The maximum Gasteiger partial charge on any atom is 0.301 e. The van der Waals surface area contributed by atoms with Gasteiger partial charge in [0.05, 0.1) is 18.2 Å². The summed E-state index contributed by atoms with van der Waals surface area (Å²) in [6, 6.07) is 25.6. The predicted molar refractivity (Wildman–Crippen MR) is 182 cm³/mol. The molecular weight excluding hydrogens is 635 g/mol. The van der Waals surface area contributed by atoms with Crippen LogP contribution in [0.1, 0.15) is 42.5 Å². The number of ether oxygens (including phenoxy) is 3. The first-order valence-electron chi connectivity index (χ1n) is 15.4. The van der Waals surface area contributed by atoms with Crippen molar-refractivity contribution in [2.75, 3.05) is 24.7 Å².